The highest BCUT2D eigenvalue weighted by Gasteiger charge is 2.14. The molecule has 0 unspecified atom stereocenters. The van der Waals surface area contributed by atoms with Gasteiger partial charge in [-0.15, -0.1) is 0 Å². The maximum Gasteiger partial charge on any atom is 0.246 e. The number of anilines is 2. The van der Waals surface area contributed by atoms with Gasteiger partial charge in [0.25, 0.3) is 0 Å². The van der Waals surface area contributed by atoms with Crippen molar-refractivity contribution in [1.82, 2.24) is 0 Å². The molecule has 0 aliphatic rings. The van der Waals surface area contributed by atoms with E-state index in [9.17, 15) is 4.79 Å². The Hall–Kier alpha value is -3.78. The van der Waals surface area contributed by atoms with Crippen LogP contribution in [0.4, 0.5) is 11.4 Å². The van der Waals surface area contributed by atoms with Gasteiger partial charge in [-0.05, 0) is 55.5 Å². The van der Waals surface area contributed by atoms with E-state index < -0.39 is 6.04 Å². The van der Waals surface area contributed by atoms with Gasteiger partial charge in [0.2, 0.25) is 5.91 Å². The molecular formula is C22H17N3O2. The molecule has 3 aromatic carbocycles. The molecule has 0 bridgehead atoms. The third-order valence-electron chi connectivity index (χ3n) is 4.43. The fourth-order valence-corrected chi connectivity index (χ4v) is 3.01. The number of carbonyl (C=O) groups excluding carboxylic acids is 1. The molecule has 1 atom stereocenters. The molecule has 1 heterocycles. The largest absolute Gasteiger partial charge is 0.456 e. The molecule has 0 saturated carbocycles. The number of hydrogen-bond acceptors (Lipinski definition) is 4. The number of amides is 1. The van der Waals surface area contributed by atoms with Gasteiger partial charge in [0.1, 0.15) is 17.2 Å². The summed E-state index contributed by atoms with van der Waals surface area (Å²) in [4.78, 5) is 12.4. The minimum Gasteiger partial charge on any atom is -0.456 e. The van der Waals surface area contributed by atoms with Crippen molar-refractivity contribution in [3.63, 3.8) is 0 Å². The van der Waals surface area contributed by atoms with Gasteiger partial charge in [0, 0.05) is 22.1 Å². The first-order valence-corrected chi connectivity index (χ1v) is 8.63. The van der Waals surface area contributed by atoms with Crippen molar-refractivity contribution in [1.29, 1.82) is 5.26 Å². The summed E-state index contributed by atoms with van der Waals surface area (Å²) in [6.45, 7) is 1.80. The van der Waals surface area contributed by atoms with Crippen LogP contribution in [0.15, 0.2) is 71.1 Å². The van der Waals surface area contributed by atoms with E-state index in [2.05, 4.69) is 16.7 Å². The van der Waals surface area contributed by atoms with Crippen LogP contribution in [0.5, 0.6) is 0 Å². The van der Waals surface area contributed by atoms with Crippen LogP contribution in [0.25, 0.3) is 21.9 Å². The standard InChI is InChI=1S/C22H17N3O2/c1-14(22(26)25-16-8-6-15(13-23)7-9-16)24-17-10-11-21-19(12-17)18-4-2-3-5-20(18)27-21/h2-12,14,24H,1H3,(H,25,26)/t14-/m1/s1. The lowest BCUT2D eigenvalue weighted by molar-refractivity contribution is -0.116. The van der Waals surface area contributed by atoms with E-state index in [1.165, 1.54) is 0 Å². The van der Waals surface area contributed by atoms with Gasteiger partial charge in [-0.25, -0.2) is 0 Å². The van der Waals surface area contributed by atoms with Crippen LogP contribution in [0, 0.1) is 11.3 Å². The molecule has 0 saturated heterocycles. The van der Waals surface area contributed by atoms with Crippen LogP contribution in [0.3, 0.4) is 0 Å². The Morgan fingerprint density at radius 3 is 2.44 bits per heavy atom. The summed E-state index contributed by atoms with van der Waals surface area (Å²) in [5.41, 5.74) is 3.72. The van der Waals surface area contributed by atoms with Gasteiger partial charge < -0.3 is 15.1 Å². The topological polar surface area (TPSA) is 78.1 Å². The molecule has 0 fully saturated rings. The normalized spacial score (nSPS) is 11.9. The van der Waals surface area contributed by atoms with Gasteiger partial charge >= 0.3 is 0 Å². The van der Waals surface area contributed by atoms with E-state index >= 15 is 0 Å². The summed E-state index contributed by atoms with van der Waals surface area (Å²) >= 11 is 0. The molecule has 0 spiro atoms. The number of carbonyl (C=O) groups is 1. The highest BCUT2D eigenvalue weighted by Crippen LogP contribution is 2.30. The minimum atomic E-state index is -0.434. The average Bonchev–Trinajstić information content (AvgIpc) is 3.06. The maximum atomic E-state index is 12.4. The highest BCUT2D eigenvalue weighted by atomic mass is 16.3. The molecule has 0 radical (unpaired) electrons. The highest BCUT2D eigenvalue weighted by molar-refractivity contribution is 6.06. The first-order chi connectivity index (χ1) is 13.1. The van der Waals surface area contributed by atoms with Gasteiger partial charge in [-0.3, -0.25) is 4.79 Å². The summed E-state index contributed by atoms with van der Waals surface area (Å²) in [7, 11) is 0. The predicted molar refractivity (Wildman–Crippen MR) is 107 cm³/mol. The van der Waals surface area contributed by atoms with E-state index in [1.54, 1.807) is 31.2 Å². The molecule has 132 valence electrons. The molecular weight excluding hydrogens is 338 g/mol. The smallest absolute Gasteiger partial charge is 0.246 e. The van der Waals surface area contributed by atoms with Crippen molar-refractivity contribution >= 4 is 39.2 Å². The van der Waals surface area contributed by atoms with E-state index in [-0.39, 0.29) is 5.91 Å². The zero-order chi connectivity index (χ0) is 18.8. The van der Waals surface area contributed by atoms with Gasteiger partial charge in [0.05, 0.1) is 11.6 Å². The molecule has 0 aliphatic carbocycles. The number of para-hydroxylation sites is 1. The second-order valence-electron chi connectivity index (χ2n) is 6.35. The number of nitrogens with one attached hydrogen (secondary N) is 2. The van der Waals surface area contributed by atoms with Crippen LogP contribution in [-0.2, 0) is 4.79 Å². The quantitative estimate of drug-likeness (QED) is 0.546. The van der Waals surface area contributed by atoms with E-state index in [1.807, 2.05) is 42.5 Å². The number of benzene rings is 3. The fraction of sp³-hybridized carbons (Fsp3) is 0.0909. The van der Waals surface area contributed by atoms with Gasteiger partial charge in [0.15, 0.2) is 0 Å². The Labute approximate surface area is 156 Å². The monoisotopic (exact) mass is 355 g/mol. The number of nitriles is 1. The second-order valence-corrected chi connectivity index (χ2v) is 6.35. The number of nitrogens with zero attached hydrogens (tertiary/aromatic N) is 1. The average molecular weight is 355 g/mol. The van der Waals surface area contributed by atoms with Gasteiger partial charge in [-0.2, -0.15) is 5.26 Å². The van der Waals surface area contributed by atoms with Gasteiger partial charge in [-0.1, -0.05) is 18.2 Å². The zero-order valence-corrected chi connectivity index (χ0v) is 14.7. The maximum absolute atomic E-state index is 12.4. The number of rotatable bonds is 4. The van der Waals surface area contributed by atoms with E-state index in [4.69, 9.17) is 9.68 Å². The Balaban J connectivity index is 1.51. The lowest BCUT2D eigenvalue weighted by atomic mass is 10.1. The van der Waals surface area contributed by atoms with E-state index in [0.717, 1.165) is 27.6 Å². The lowest BCUT2D eigenvalue weighted by Gasteiger charge is -2.15. The predicted octanol–water partition coefficient (Wildman–Crippen LogP) is 4.90. The SMILES string of the molecule is C[C@@H](Nc1ccc2oc3ccccc3c2c1)C(=O)Nc1ccc(C#N)cc1. The van der Waals surface area contributed by atoms with Crippen molar-refractivity contribution < 1.29 is 9.21 Å². The molecule has 1 aromatic heterocycles. The molecule has 4 aromatic rings. The van der Waals surface area contributed by atoms with Crippen LogP contribution in [0.1, 0.15) is 12.5 Å². The lowest BCUT2D eigenvalue weighted by Crippen LogP contribution is -2.31. The van der Waals surface area contributed by atoms with Crippen molar-refractivity contribution in [3.05, 3.63) is 72.3 Å². The number of furan rings is 1. The van der Waals surface area contributed by atoms with Crippen LogP contribution in [-0.4, -0.2) is 11.9 Å². The fourth-order valence-electron chi connectivity index (χ4n) is 3.01. The first-order valence-electron chi connectivity index (χ1n) is 8.63. The molecule has 1 amide bonds. The molecule has 4 rings (SSSR count). The zero-order valence-electron chi connectivity index (χ0n) is 14.7. The van der Waals surface area contributed by atoms with Crippen molar-refractivity contribution in [2.75, 3.05) is 10.6 Å². The molecule has 5 nitrogen and oxygen atoms in total. The number of fused-ring (bicyclic) bond motifs is 3. The molecule has 5 heteroatoms. The Morgan fingerprint density at radius 2 is 1.67 bits per heavy atom. The summed E-state index contributed by atoms with van der Waals surface area (Å²) in [6.07, 6.45) is 0. The molecule has 0 aliphatic heterocycles. The Bertz CT molecular complexity index is 1170. The van der Waals surface area contributed by atoms with E-state index in [0.29, 0.717) is 11.3 Å². The summed E-state index contributed by atoms with van der Waals surface area (Å²) < 4.78 is 5.83. The Morgan fingerprint density at radius 1 is 0.963 bits per heavy atom. The third-order valence-corrected chi connectivity index (χ3v) is 4.43. The van der Waals surface area contributed by atoms with Crippen LogP contribution < -0.4 is 10.6 Å². The molecule has 27 heavy (non-hydrogen) atoms. The van der Waals surface area contributed by atoms with Crippen LogP contribution >= 0.6 is 0 Å². The number of hydrogen-bond donors (Lipinski definition) is 2. The minimum absolute atomic E-state index is 0.156. The first kappa shape index (κ1) is 16.7. The van der Waals surface area contributed by atoms with Crippen molar-refractivity contribution in [3.8, 4) is 6.07 Å². The van der Waals surface area contributed by atoms with Crippen molar-refractivity contribution in [2.45, 2.75) is 13.0 Å². The summed E-state index contributed by atoms with van der Waals surface area (Å²) in [5, 5.41) is 17.0. The van der Waals surface area contributed by atoms with Crippen molar-refractivity contribution in [2.24, 2.45) is 0 Å². The Kier molecular flexibility index (Phi) is 4.23. The summed E-state index contributed by atoms with van der Waals surface area (Å²) in [5.74, 6) is -0.156. The van der Waals surface area contributed by atoms with Crippen LogP contribution in [0.2, 0.25) is 0 Å². The summed E-state index contributed by atoms with van der Waals surface area (Å²) in [6, 6.07) is 22.1. The third kappa shape index (κ3) is 3.33. The second kappa shape index (κ2) is 6.85. The molecule has 2 N–H and O–H groups in total.